The zero-order valence-electron chi connectivity index (χ0n) is 19.3. The number of hydrogen-bond acceptors (Lipinski definition) is 5. The van der Waals surface area contributed by atoms with Gasteiger partial charge in [-0.3, -0.25) is 9.59 Å². The molecular weight excluding hydrogens is 448 g/mol. The van der Waals surface area contributed by atoms with Gasteiger partial charge in [-0.25, -0.2) is 4.79 Å². The number of rotatable bonds is 5. The SMILES string of the molecule is O=C(NC1CCOC1C(=O)N1CC(C(=O)O)C2(CC2)C1)OCC1c2ccccc2-c2ccccc21. The van der Waals surface area contributed by atoms with Gasteiger partial charge in [-0.2, -0.15) is 0 Å². The summed E-state index contributed by atoms with van der Waals surface area (Å²) in [6.07, 6.45) is 0.770. The van der Waals surface area contributed by atoms with Crippen LogP contribution in [0, 0.1) is 11.3 Å². The average Bonchev–Trinajstić information content (AvgIpc) is 3.18. The molecule has 35 heavy (non-hydrogen) atoms. The van der Waals surface area contributed by atoms with Gasteiger partial charge in [-0.15, -0.1) is 0 Å². The van der Waals surface area contributed by atoms with E-state index in [2.05, 4.69) is 29.6 Å². The van der Waals surface area contributed by atoms with Crippen molar-refractivity contribution in [3.05, 3.63) is 59.7 Å². The third kappa shape index (κ3) is 3.76. The third-order valence-corrected chi connectivity index (χ3v) is 8.13. The van der Waals surface area contributed by atoms with E-state index in [1.165, 1.54) is 0 Å². The highest BCUT2D eigenvalue weighted by molar-refractivity contribution is 5.85. The Hall–Kier alpha value is -3.39. The number of carbonyl (C=O) groups excluding carboxylic acids is 2. The number of hydrogen-bond donors (Lipinski definition) is 2. The van der Waals surface area contributed by atoms with E-state index in [1.54, 1.807) is 4.90 Å². The molecule has 0 radical (unpaired) electrons. The number of amides is 2. The maximum Gasteiger partial charge on any atom is 0.407 e. The lowest BCUT2D eigenvalue weighted by Gasteiger charge is -2.25. The molecule has 1 saturated carbocycles. The lowest BCUT2D eigenvalue weighted by Crippen LogP contribution is -2.49. The topological polar surface area (TPSA) is 105 Å². The van der Waals surface area contributed by atoms with Crippen LogP contribution in [0.1, 0.15) is 36.3 Å². The van der Waals surface area contributed by atoms with E-state index in [1.807, 2.05) is 24.3 Å². The second-order valence-electron chi connectivity index (χ2n) is 10.1. The highest BCUT2D eigenvalue weighted by atomic mass is 16.6. The largest absolute Gasteiger partial charge is 0.481 e. The molecule has 6 rings (SSSR count). The molecule has 3 fully saturated rings. The van der Waals surface area contributed by atoms with Crippen molar-refractivity contribution < 1.29 is 29.0 Å². The summed E-state index contributed by atoms with van der Waals surface area (Å²) < 4.78 is 11.3. The first-order valence-electron chi connectivity index (χ1n) is 12.2. The molecule has 2 saturated heterocycles. The van der Waals surface area contributed by atoms with Crippen molar-refractivity contribution in [1.29, 1.82) is 0 Å². The van der Waals surface area contributed by atoms with Crippen molar-refractivity contribution >= 4 is 18.0 Å². The van der Waals surface area contributed by atoms with E-state index < -0.39 is 30.1 Å². The summed E-state index contributed by atoms with van der Waals surface area (Å²) in [4.78, 5) is 39.2. The molecule has 2 aromatic carbocycles. The van der Waals surface area contributed by atoms with Gasteiger partial charge >= 0.3 is 12.1 Å². The fraction of sp³-hybridized carbons (Fsp3) is 0.444. The van der Waals surface area contributed by atoms with E-state index in [0.29, 0.717) is 19.6 Å². The Morgan fingerprint density at radius 2 is 1.71 bits per heavy atom. The van der Waals surface area contributed by atoms with E-state index in [-0.39, 0.29) is 30.4 Å². The van der Waals surface area contributed by atoms with E-state index in [9.17, 15) is 19.5 Å². The van der Waals surface area contributed by atoms with Crippen LogP contribution >= 0.6 is 0 Å². The molecule has 2 N–H and O–H groups in total. The van der Waals surface area contributed by atoms with Gasteiger partial charge in [0.05, 0.1) is 12.0 Å². The number of benzene rings is 2. The Bertz CT molecular complexity index is 1150. The van der Waals surface area contributed by atoms with Crippen molar-refractivity contribution in [3.8, 4) is 11.1 Å². The summed E-state index contributed by atoms with van der Waals surface area (Å²) in [5.41, 5.74) is 4.30. The van der Waals surface area contributed by atoms with Gasteiger partial charge in [0, 0.05) is 31.0 Å². The maximum absolute atomic E-state index is 13.2. The van der Waals surface area contributed by atoms with E-state index in [4.69, 9.17) is 9.47 Å². The van der Waals surface area contributed by atoms with Crippen LogP contribution in [0.25, 0.3) is 11.1 Å². The summed E-state index contributed by atoms with van der Waals surface area (Å²) in [6.45, 7) is 1.19. The van der Waals surface area contributed by atoms with Crippen LogP contribution < -0.4 is 5.32 Å². The van der Waals surface area contributed by atoms with Gasteiger partial charge in [0.2, 0.25) is 0 Å². The summed E-state index contributed by atoms with van der Waals surface area (Å²) >= 11 is 0. The number of carbonyl (C=O) groups is 3. The van der Waals surface area contributed by atoms with Crippen molar-refractivity contribution in [2.75, 3.05) is 26.3 Å². The molecular formula is C27H28N2O6. The minimum absolute atomic E-state index is 0.0438. The van der Waals surface area contributed by atoms with Crippen LogP contribution in [0.5, 0.6) is 0 Å². The first-order valence-corrected chi connectivity index (χ1v) is 12.2. The summed E-state index contributed by atoms with van der Waals surface area (Å²) in [5, 5.41) is 12.4. The lowest BCUT2D eigenvalue weighted by molar-refractivity contribution is -0.143. The van der Waals surface area contributed by atoms with Crippen molar-refractivity contribution in [2.24, 2.45) is 11.3 Å². The number of ether oxygens (including phenoxy) is 2. The maximum atomic E-state index is 13.2. The number of carboxylic acids is 1. The monoisotopic (exact) mass is 476 g/mol. The van der Waals surface area contributed by atoms with Gasteiger partial charge in [-0.1, -0.05) is 48.5 Å². The lowest BCUT2D eigenvalue weighted by atomic mass is 9.93. The van der Waals surface area contributed by atoms with E-state index in [0.717, 1.165) is 35.1 Å². The Morgan fingerprint density at radius 1 is 1.06 bits per heavy atom. The van der Waals surface area contributed by atoms with Crippen LogP contribution in [-0.2, 0) is 19.1 Å². The number of carboxylic acid groups (broad SMARTS) is 1. The predicted octanol–water partition coefficient (Wildman–Crippen LogP) is 3.01. The predicted molar refractivity (Wildman–Crippen MR) is 126 cm³/mol. The second-order valence-corrected chi connectivity index (χ2v) is 10.1. The molecule has 2 aromatic rings. The van der Waals surface area contributed by atoms with Gasteiger partial charge < -0.3 is 24.8 Å². The summed E-state index contributed by atoms with van der Waals surface area (Å²) in [5.74, 6) is -1.67. The zero-order chi connectivity index (χ0) is 24.2. The molecule has 2 heterocycles. The molecule has 182 valence electrons. The number of aliphatic carboxylic acids is 1. The first-order chi connectivity index (χ1) is 17.0. The highest BCUT2D eigenvalue weighted by Crippen LogP contribution is 2.56. The van der Waals surface area contributed by atoms with Crippen LogP contribution in [0.3, 0.4) is 0 Å². The molecule has 3 unspecified atom stereocenters. The van der Waals surface area contributed by atoms with Gasteiger partial charge in [0.15, 0.2) is 6.10 Å². The van der Waals surface area contributed by atoms with Crippen LogP contribution in [0.15, 0.2) is 48.5 Å². The summed E-state index contributed by atoms with van der Waals surface area (Å²) in [7, 11) is 0. The van der Waals surface area contributed by atoms with Gasteiger partial charge in [-0.05, 0) is 41.5 Å². The Kier molecular flexibility index (Phi) is 5.29. The second kappa shape index (κ2) is 8.37. The van der Waals surface area contributed by atoms with Crippen LogP contribution in [0.2, 0.25) is 0 Å². The Labute approximate surface area is 203 Å². The Morgan fingerprint density at radius 3 is 2.31 bits per heavy atom. The number of nitrogens with one attached hydrogen (secondary N) is 1. The molecule has 0 aromatic heterocycles. The van der Waals surface area contributed by atoms with Gasteiger partial charge in [0.1, 0.15) is 6.61 Å². The minimum atomic E-state index is -0.849. The Balaban J connectivity index is 1.09. The minimum Gasteiger partial charge on any atom is -0.481 e. The fourth-order valence-corrected chi connectivity index (χ4v) is 6.10. The number of fused-ring (bicyclic) bond motifs is 3. The molecule has 8 nitrogen and oxygen atoms in total. The van der Waals surface area contributed by atoms with Gasteiger partial charge in [0.25, 0.3) is 5.91 Å². The number of likely N-dealkylation sites (tertiary alicyclic amines) is 1. The van der Waals surface area contributed by atoms with Crippen molar-refractivity contribution in [2.45, 2.75) is 37.3 Å². The molecule has 2 aliphatic heterocycles. The smallest absolute Gasteiger partial charge is 0.407 e. The van der Waals surface area contributed by atoms with Crippen LogP contribution in [0.4, 0.5) is 4.79 Å². The highest BCUT2D eigenvalue weighted by Gasteiger charge is 2.59. The quantitative estimate of drug-likeness (QED) is 0.688. The molecule has 0 bridgehead atoms. The van der Waals surface area contributed by atoms with Crippen LogP contribution in [-0.4, -0.2) is 66.4 Å². The molecule has 1 spiro atoms. The fourth-order valence-electron chi connectivity index (χ4n) is 6.10. The van der Waals surface area contributed by atoms with E-state index >= 15 is 0 Å². The third-order valence-electron chi connectivity index (χ3n) is 8.13. The number of alkyl carbamates (subject to hydrolysis) is 1. The molecule has 2 aliphatic carbocycles. The first kappa shape index (κ1) is 22.1. The molecule has 3 atom stereocenters. The molecule has 4 aliphatic rings. The van der Waals surface area contributed by atoms with Crippen molar-refractivity contribution in [1.82, 2.24) is 10.2 Å². The standard InChI is InChI=1S/C27H28N2O6/c30-24(29-13-21(25(31)32)27(15-29)10-11-27)23-22(9-12-34-23)28-26(33)35-14-20-18-7-3-1-5-16(18)17-6-2-4-8-19(17)20/h1-8,20-23H,9-15H2,(H,28,33)(H,31,32). The molecule has 2 amide bonds. The van der Waals surface area contributed by atoms with Crippen molar-refractivity contribution in [3.63, 3.8) is 0 Å². The molecule has 8 heteroatoms. The normalized spacial score (nSPS) is 25.8. The average molecular weight is 477 g/mol. The number of nitrogens with zero attached hydrogens (tertiary/aromatic N) is 1. The zero-order valence-corrected chi connectivity index (χ0v) is 19.3. The summed E-state index contributed by atoms with van der Waals surface area (Å²) in [6, 6.07) is 15.8.